The summed E-state index contributed by atoms with van der Waals surface area (Å²) in [6.07, 6.45) is 3.77. The van der Waals surface area contributed by atoms with Crippen molar-refractivity contribution in [2.24, 2.45) is 0 Å². The largest absolute Gasteiger partial charge is 0.496 e. The molecule has 22 heavy (non-hydrogen) atoms. The van der Waals surface area contributed by atoms with E-state index in [9.17, 15) is 18.0 Å². The molecule has 0 unspecified atom stereocenters. The summed E-state index contributed by atoms with van der Waals surface area (Å²) in [6.45, 7) is 0. The van der Waals surface area contributed by atoms with Crippen molar-refractivity contribution in [3.8, 4) is 11.4 Å². The molecule has 1 aromatic heterocycles. The highest BCUT2D eigenvalue weighted by Crippen LogP contribution is 2.29. The van der Waals surface area contributed by atoms with Crippen LogP contribution in [-0.2, 0) is 9.84 Å². The molecule has 0 amide bonds. The summed E-state index contributed by atoms with van der Waals surface area (Å²) in [4.78, 5) is 22.2. The van der Waals surface area contributed by atoms with Gasteiger partial charge in [0.15, 0.2) is 15.3 Å². The second-order valence-corrected chi connectivity index (χ2v) is 6.52. The van der Waals surface area contributed by atoms with Crippen molar-refractivity contribution >= 4 is 15.8 Å². The van der Waals surface area contributed by atoms with E-state index >= 15 is 0 Å². The van der Waals surface area contributed by atoms with Gasteiger partial charge >= 0.3 is 5.97 Å². The summed E-state index contributed by atoms with van der Waals surface area (Å²) in [5, 5.41) is 9.16. The summed E-state index contributed by atoms with van der Waals surface area (Å²) in [6, 6.07) is 4.89. The van der Waals surface area contributed by atoms with E-state index in [2.05, 4.69) is 0 Å². The highest BCUT2D eigenvalue weighted by molar-refractivity contribution is 7.90. The van der Waals surface area contributed by atoms with Crippen molar-refractivity contribution in [3.05, 3.63) is 52.4 Å². The number of pyridine rings is 1. The quantitative estimate of drug-likeness (QED) is 0.898. The Morgan fingerprint density at radius 3 is 2.27 bits per heavy atom. The van der Waals surface area contributed by atoms with Gasteiger partial charge in [0.1, 0.15) is 11.3 Å². The molecule has 0 fully saturated rings. The summed E-state index contributed by atoms with van der Waals surface area (Å²) < 4.78 is 30.3. The molecule has 0 atom stereocenters. The van der Waals surface area contributed by atoms with Gasteiger partial charge in [0.05, 0.1) is 17.7 Å². The van der Waals surface area contributed by atoms with Gasteiger partial charge in [-0.2, -0.15) is 0 Å². The molecule has 8 heteroatoms. The first-order chi connectivity index (χ1) is 10.2. The third-order valence-corrected chi connectivity index (χ3v) is 4.11. The number of ether oxygens (including phenoxy) is 1. The highest BCUT2D eigenvalue weighted by atomic mass is 32.2. The van der Waals surface area contributed by atoms with Crippen molar-refractivity contribution in [2.75, 3.05) is 13.4 Å². The maximum atomic E-state index is 12.0. The molecule has 1 aromatic carbocycles. The number of rotatable bonds is 4. The maximum absolute atomic E-state index is 12.0. The van der Waals surface area contributed by atoms with E-state index in [1.54, 1.807) is 0 Å². The molecule has 0 aliphatic heterocycles. The third-order valence-electron chi connectivity index (χ3n) is 2.99. The fraction of sp³-hybridized carbons (Fsp3) is 0.143. The number of methoxy groups -OCH3 is 1. The Labute approximate surface area is 126 Å². The molecule has 0 aliphatic carbocycles. The van der Waals surface area contributed by atoms with E-state index in [1.807, 2.05) is 0 Å². The lowest BCUT2D eigenvalue weighted by Crippen LogP contribution is -2.11. The van der Waals surface area contributed by atoms with E-state index in [0.717, 1.165) is 12.3 Å². The maximum Gasteiger partial charge on any atom is 0.339 e. The van der Waals surface area contributed by atoms with Gasteiger partial charge in [-0.05, 0) is 6.07 Å². The van der Waals surface area contributed by atoms with Gasteiger partial charge in [0.25, 0.3) is 0 Å². The van der Waals surface area contributed by atoms with Crippen LogP contribution in [0.3, 0.4) is 0 Å². The third kappa shape index (κ3) is 3.01. The van der Waals surface area contributed by atoms with E-state index in [4.69, 9.17) is 9.84 Å². The van der Waals surface area contributed by atoms with Crippen LogP contribution in [0.2, 0.25) is 0 Å². The molecular weight excluding hydrogens is 310 g/mol. The minimum atomic E-state index is -3.69. The summed E-state index contributed by atoms with van der Waals surface area (Å²) in [5.41, 5.74) is -0.289. The monoisotopic (exact) mass is 323 g/mol. The molecule has 0 saturated carbocycles. The zero-order valence-corrected chi connectivity index (χ0v) is 12.6. The molecule has 116 valence electrons. The number of aromatic nitrogens is 1. The van der Waals surface area contributed by atoms with Gasteiger partial charge < -0.3 is 14.4 Å². The van der Waals surface area contributed by atoms with Crippen LogP contribution in [0.15, 0.2) is 46.3 Å². The van der Waals surface area contributed by atoms with Crippen LogP contribution in [0, 0.1) is 0 Å². The lowest BCUT2D eigenvalue weighted by molar-refractivity contribution is 0.0693. The smallest absolute Gasteiger partial charge is 0.339 e. The Morgan fingerprint density at radius 2 is 1.82 bits per heavy atom. The average molecular weight is 323 g/mol. The minimum absolute atomic E-state index is 0.0219. The molecule has 7 nitrogen and oxygen atoms in total. The van der Waals surface area contributed by atoms with E-state index in [-0.39, 0.29) is 27.3 Å². The average Bonchev–Trinajstić information content (AvgIpc) is 2.45. The fourth-order valence-corrected chi connectivity index (χ4v) is 2.83. The summed E-state index contributed by atoms with van der Waals surface area (Å²) >= 11 is 0. The Balaban J connectivity index is 2.84. The molecule has 1 heterocycles. The van der Waals surface area contributed by atoms with Gasteiger partial charge in [-0.15, -0.1) is 0 Å². The number of aromatic carboxylic acids is 1. The van der Waals surface area contributed by atoms with Crippen LogP contribution in [0.1, 0.15) is 10.4 Å². The summed E-state index contributed by atoms with van der Waals surface area (Å²) in [7, 11) is -2.40. The molecule has 0 bridgehead atoms. The standard InChI is InChI=1S/C14H13NO6S/c1-21-12-8-11(15-5-3-9(16)4-6-15)13(22(2,19)20)7-10(12)14(17)18/h3-8H,1-2H3,(H,17,18). The number of nitrogens with zero attached hydrogens (tertiary/aromatic N) is 1. The van der Waals surface area contributed by atoms with Crippen LogP contribution in [0.4, 0.5) is 0 Å². The van der Waals surface area contributed by atoms with E-state index in [1.165, 1.54) is 42.3 Å². The van der Waals surface area contributed by atoms with Crippen LogP contribution in [-0.4, -0.2) is 37.4 Å². The Morgan fingerprint density at radius 1 is 1.23 bits per heavy atom. The van der Waals surface area contributed by atoms with E-state index in [0.29, 0.717) is 0 Å². The number of benzene rings is 1. The number of carbonyl (C=O) groups is 1. The van der Waals surface area contributed by atoms with Crippen LogP contribution in [0.25, 0.3) is 5.69 Å². The van der Waals surface area contributed by atoms with Gasteiger partial charge in [0.2, 0.25) is 0 Å². The first kappa shape index (κ1) is 15.8. The molecule has 0 radical (unpaired) electrons. The lowest BCUT2D eigenvalue weighted by atomic mass is 10.1. The highest BCUT2D eigenvalue weighted by Gasteiger charge is 2.21. The van der Waals surface area contributed by atoms with Crippen molar-refractivity contribution in [3.63, 3.8) is 0 Å². The van der Waals surface area contributed by atoms with Crippen LogP contribution >= 0.6 is 0 Å². The molecule has 2 rings (SSSR count). The second-order valence-electron chi connectivity index (χ2n) is 4.54. The predicted octanol–water partition coefficient (Wildman–Crippen LogP) is 0.948. The molecular formula is C14H13NO6S. The number of hydrogen-bond acceptors (Lipinski definition) is 5. The Bertz CT molecular complexity index is 878. The Kier molecular flexibility index (Phi) is 4.05. The number of carboxylic acid groups (broad SMARTS) is 1. The van der Waals surface area contributed by atoms with Crippen molar-refractivity contribution in [2.45, 2.75) is 4.90 Å². The van der Waals surface area contributed by atoms with Gasteiger partial charge in [-0.3, -0.25) is 4.79 Å². The normalized spacial score (nSPS) is 11.2. The van der Waals surface area contributed by atoms with Crippen molar-refractivity contribution < 1.29 is 23.1 Å². The van der Waals surface area contributed by atoms with E-state index < -0.39 is 15.8 Å². The van der Waals surface area contributed by atoms with Crippen molar-refractivity contribution in [1.29, 1.82) is 0 Å². The molecule has 0 aliphatic rings. The number of carboxylic acids is 1. The molecule has 2 aromatic rings. The molecule has 0 saturated heterocycles. The fourth-order valence-electron chi connectivity index (χ4n) is 1.96. The van der Waals surface area contributed by atoms with Crippen LogP contribution in [0.5, 0.6) is 5.75 Å². The second kappa shape index (κ2) is 5.64. The molecule has 0 spiro atoms. The zero-order valence-electron chi connectivity index (χ0n) is 11.8. The van der Waals surface area contributed by atoms with Gasteiger partial charge in [-0.1, -0.05) is 0 Å². The number of hydrogen-bond donors (Lipinski definition) is 1. The first-order valence-corrected chi connectivity index (χ1v) is 7.97. The van der Waals surface area contributed by atoms with Gasteiger partial charge in [0, 0.05) is 36.8 Å². The minimum Gasteiger partial charge on any atom is -0.496 e. The van der Waals surface area contributed by atoms with Crippen molar-refractivity contribution in [1.82, 2.24) is 4.57 Å². The lowest BCUT2D eigenvalue weighted by Gasteiger charge is -2.14. The van der Waals surface area contributed by atoms with Crippen LogP contribution < -0.4 is 10.2 Å². The predicted molar refractivity (Wildman–Crippen MR) is 78.7 cm³/mol. The summed E-state index contributed by atoms with van der Waals surface area (Å²) in [5.74, 6) is -1.28. The molecule has 1 N–H and O–H groups in total. The zero-order chi connectivity index (χ0) is 16.5. The Hall–Kier alpha value is -2.61. The topological polar surface area (TPSA) is 103 Å². The SMILES string of the molecule is COc1cc(-n2ccc(=O)cc2)c(S(C)(=O)=O)cc1C(=O)O. The number of sulfone groups is 1. The first-order valence-electron chi connectivity index (χ1n) is 6.08. The van der Waals surface area contributed by atoms with Gasteiger partial charge in [-0.25, -0.2) is 13.2 Å².